The van der Waals surface area contributed by atoms with Crippen LogP contribution in [0.1, 0.15) is 64.7 Å². The molecule has 2 fully saturated rings. The normalized spacial score (nSPS) is 31.2. The summed E-state index contributed by atoms with van der Waals surface area (Å²) in [6.07, 6.45) is 9.49. The summed E-state index contributed by atoms with van der Waals surface area (Å²) in [6.45, 7) is 2.74. The lowest BCUT2D eigenvalue weighted by molar-refractivity contribution is -0.123. The van der Waals surface area contributed by atoms with Crippen molar-refractivity contribution in [2.45, 2.75) is 70.3 Å². The Bertz CT molecular complexity index is 284. The number of hydrogen-bond donors (Lipinski definition) is 2. The third-order valence-corrected chi connectivity index (χ3v) is 4.67. The fourth-order valence-corrected chi connectivity index (χ4v) is 3.55. The van der Waals surface area contributed by atoms with Gasteiger partial charge in [0.15, 0.2) is 0 Å². The molecule has 2 aliphatic rings. The molecular weight excluding hydrogens is 226 g/mol. The SMILES string of the molecule is CC1CCCC(CC(=O)NCC2(O)CCCC2)C1. The average Bonchev–Trinajstić information content (AvgIpc) is 2.74. The number of hydrogen-bond acceptors (Lipinski definition) is 2. The molecule has 2 atom stereocenters. The van der Waals surface area contributed by atoms with Gasteiger partial charge in [-0.25, -0.2) is 0 Å². The number of aliphatic hydroxyl groups is 1. The molecule has 0 radical (unpaired) electrons. The Morgan fingerprint density at radius 2 is 2.00 bits per heavy atom. The summed E-state index contributed by atoms with van der Waals surface area (Å²) >= 11 is 0. The van der Waals surface area contributed by atoms with Crippen LogP contribution in [0.3, 0.4) is 0 Å². The lowest BCUT2D eigenvalue weighted by Crippen LogP contribution is -2.41. The molecule has 18 heavy (non-hydrogen) atoms. The van der Waals surface area contributed by atoms with E-state index >= 15 is 0 Å². The summed E-state index contributed by atoms with van der Waals surface area (Å²) < 4.78 is 0. The Morgan fingerprint density at radius 1 is 1.28 bits per heavy atom. The molecule has 0 heterocycles. The van der Waals surface area contributed by atoms with Crippen LogP contribution in [0, 0.1) is 11.8 Å². The standard InChI is InChI=1S/C15H27NO2/c1-12-5-4-6-13(9-12)10-14(17)16-11-15(18)7-2-3-8-15/h12-13,18H,2-11H2,1H3,(H,16,17). The zero-order valence-electron chi connectivity index (χ0n) is 11.6. The van der Waals surface area contributed by atoms with Crippen LogP contribution in [0.2, 0.25) is 0 Å². The van der Waals surface area contributed by atoms with Crippen LogP contribution in [0.4, 0.5) is 0 Å². The minimum Gasteiger partial charge on any atom is -0.388 e. The molecule has 0 aliphatic heterocycles. The van der Waals surface area contributed by atoms with Crippen molar-refractivity contribution < 1.29 is 9.90 Å². The maximum absolute atomic E-state index is 11.9. The van der Waals surface area contributed by atoms with E-state index in [1.54, 1.807) is 0 Å². The van der Waals surface area contributed by atoms with Gasteiger partial charge in [0.1, 0.15) is 0 Å². The van der Waals surface area contributed by atoms with Crippen LogP contribution < -0.4 is 5.32 Å². The lowest BCUT2D eigenvalue weighted by atomic mass is 9.81. The summed E-state index contributed by atoms with van der Waals surface area (Å²) in [7, 11) is 0. The zero-order chi connectivity index (χ0) is 13.0. The molecule has 0 bridgehead atoms. The Balaban J connectivity index is 1.68. The average molecular weight is 253 g/mol. The molecule has 0 spiro atoms. The van der Waals surface area contributed by atoms with Gasteiger partial charge in [-0.2, -0.15) is 0 Å². The summed E-state index contributed by atoms with van der Waals surface area (Å²) in [4.78, 5) is 11.9. The Morgan fingerprint density at radius 3 is 2.67 bits per heavy atom. The van der Waals surface area contributed by atoms with Crippen LogP contribution >= 0.6 is 0 Å². The van der Waals surface area contributed by atoms with Crippen molar-refractivity contribution in [3.05, 3.63) is 0 Å². The van der Waals surface area contributed by atoms with E-state index in [2.05, 4.69) is 12.2 Å². The van der Waals surface area contributed by atoms with Crippen LogP contribution in [0.25, 0.3) is 0 Å². The molecule has 1 amide bonds. The topological polar surface area (TPSA) is 49.3 Å². The molecule has 2 saturated carbocycles. The predicted molar refractivity (Wildman–Crippen MR) is 72.2 cm³/mol. The van der Waals surface area contributed by atoms with Crippen molar-refractivity contribution in [2.75, 3.05) is 6.54 Å². The third kappa shape index (κ3) is 3.98. The third-order valence-electron chi connectivity index (χ3n) is 4.67. The molecule has 2 rings (SSSR count). The predicted octanol–water partition coefficient (Wildman–Crippen LogP) is 2.62. The number of carbonyl (C=O) groups is 1. The van der Waals surface area contributed by atoms with Crippen LogP contribution in [0.5, 0.6) is 0 Å². The molecule has 3 nitrogen and oxygen atoms in total. The molecule has 0 aromatic rings. The number of amides is 1. The first-order valence-corrected chi connectivity index (χ1v) is 7.56. The highest BCUT2D eigenvalue weighted by atomic mass is 16.3. The van der Waals surface area contributed by atoms with Crippen molar-refractivity contribution in [3.8, 4) is 0 Å². The first-order valence-electron chi connectivity index (χ1n) is 7.56. The van der Waals surface area contributed by atoms with Gasteiger partial charge in [0.2, 0.25) is 5.91 Å². The van der Waals surface area contributed by atoms with Crippen molar-refractivity contribution in [1.82, 2.24) is 5.32 Å². The van der Waals surface area contributed by atoms with E-state index in [1.807, 2.05) is 0 Å². The highest BCUT2D eigenvalue weighted by molar-refractivity contribution is 5.76. The highest BCUT2D eigenvalue weighted by Gasteiger charge is 2.31. The van der Waals surface area contributed by atoms with Gasteiger partial charge in [-0.05, 0) is 37.5 Å². The summed E-state index contributed by atoms with van der Waals surface area (Å²) in [5, 5.41) is 13.1. The molecule has 0 aromatic carbocycles. The first kappa shape index (κ1) is 13.9. The van der Waals surface area contributed by atoms with Crippen molar-refractivity contribution in [3.63, 3.8) is 0 Å². The number of nitrogens with one attached hydrogen (secondary N) is 1. The van der Waals surface area contributed by atoms with Crippen molar-refractivity contribution in [1.29, 1.82) is 0 Å². The second-order valence-electron chi connectivity index (χ2n) is 6.55. The maximum Gasteiger partial charge on any atom is 0.220 e. The maximum atomic E-state index is 11.9. The molecule has 0 saturated heterocycles. The van der Waals surface area contributed by atoms with Gasteiger partial charge in [-0.15, -0.1) is 0 Å². The molecule has 0 aromatic heterocycles. The van der Waals surface area contributed by atoms with E-state index in [1.165, 1.54) is 25.7 Å². The zero-order valence-corrected chi connectivity index (χ0v) is 11.6. The monoisotopic (exact) mass is 253 g/mol. The minimum absolute atomic E-state index is 0.134. The van der Waals surface area contributed by atoms with Gasteiger partial charge < -0.3 is 10.4 Å². The van der Waals surface area contributed by atoms with Gasteiger partial charge in [0.05, 0.1) is 5.60 Å². The molecule has 3 heteroatoms. The summed E-state index contributed by atoms with van der Waals surface area (Å²) in [6, 6.07) is 0. The molecule has 2 aliphatic carbocycles. The van der Waals surface area contributed by atoms with E-state index < -0.39 is 5.60 Å². The number of carbonyl (C=O) groups excluding carboxylic acids is 1. The van der Waals surface area contributed by atoms with Crippen molar-refractivity contribution >= 4 is 5.91 Å². The minimum atomic E-state index is -0.616. The highest BCUT2D eigenvalue weighted by Crippen LogP contribution is 2.31. The Hall–Kier alpha value is -0.570. The number of rotatable bonds is 4. The first-order chi connectivity index (χ1) is 8.57. The fraction of sp³-hybridized carbons (Fsp3) is 0.933. The van der Waals surface area contributed by atoms with Gasteiger partial charge >= 0.3 is 0 Å². The molecular formula is C15H27NO2. The molecule has 104 valence electrons. The quantitative estimate of drug-likeness (QED) is 0.809. The smallest absolute Gasteiger partial charge is 0.220 e. The largest absolute Gasteiger partial charge is 0.388 e. The molecule has 2 unspecified atom stereocenters. The van der Waals surface area contributed by atoms with E-state index in [9.17, 15) is 9.90 Å². The van der Waals surface area contributed by atoms with Gasteiger partial charge in [0.25, 0.3) is 0 Å². The van der Waals surface area contributed by atoms with Crippen LogP contribution in [-0.4, -0.2) is 23.2 Å². The van der Waals surface area contributed by atoms with E-state index in [4.69, 9.17) is 0 Å². The van der Waals surface area contributed by atoms with E-state index in [0.717, 1.165) is 31.6 Å². The Kier molecular flexibility index (Phi) is 4.66. The Labute approximate surface area is 110 Å². The van der Waals surface area contributed by atoms with Gasteiger partial charge in [0, 0.05) is 13.0 Å². The summed E-state index contributed by atoms with van der Waals surface area (Å²) in [5.41, 5.74) is -0.616. The summed E-state index contributed by atoms with van der Waals surface area (Å²) in [5.74, 6) is 1.47. The van der Waals surface area contributed by atoms with Crippen LogP contribution in [-0.2, 0) is 4.79 Å². The van der Waals surface area contributed by atoms with E-state index in [-0.39, 0.29) is 5.91 Å². The van der Waals surface area contributed by atoms with Gasteiger partial charge in [-0.1, -0.05) is 32.6 Å². The van der Waals surface area contributed by atoms with Crippen molar-refractivity contribution in [2.24, 2.45) is 11.8 Å². The second kappa shape index (κ2) is 6.05. The van der Waals surface area contributed by atoms with E-state index in [0.29, 0.717) is 18.9 Å². The fourth-order valence-electron chi connectivity index (χ4n) is 3.55. The van der Waals surface area contributed by atoms with Crippen LogP contribution in [0.15, 0.2) is 0 Å². The second-order valence-corrected chi connectivity index (χ2v) is 6.55. The molecule has 2 N–H and O–H groups in total. The lowest BCUT2D eigenvalue weighted by Gasteiger charge is -2.27. The van der Waals surface area contributed by atoms with Gasteiger partial charge in [-0.3, -0.25) is 4.79 Å².